The molecular weight excluding hydrogens is 248 g/mol. The maximum absolute atomic E-state index is 11.9. The highest BCUT2D eigenvalue weighted by molar-refractivity contribution is 6.03. The van der Waals surface area contributed by atoms with Crippen LogP contribution in [0.4, 0.5) is 5.69 Å². The van der Waals surface area contributed by atoms with Gasteiger partial charge < -0.3 is 19.3 Å². The van der Waals surface area contributed by atoms with Crippen molar-refractivity contribution in [2.45, 2.75) is 6.92 Å². The van der Waals surface area contributed by atoms with Crippen LogP contribution in [0.25, 0.3) is 0 Å². The molecule has 1 heterocycles. The van der Waals surface area contributed by atoms with Gasteiger partial charge in [0.1, 0.15) is 17.3 Å². The molecule has 6 nitrogen and oxygen atoms in total. The third kappa shape index (κ3) is 3.04. The van der Waals surface area contributed by atoms with Gasteiger partial charge in [0, 0.05) is 30.0 Å². The van der Waals surface area contributed by atoms with E-state index in [1.54, 1.807) is 45.4 Å². The molecule has 0 aliphatic carbocycles. The first kappa shape index (κ1) is 12.9. The van der Waals surface area contributed by atoms with E-state index in [1.165, 1.54) is 0 Å². The molecule has 0 spiro atoms. The highest BCUT2D eigenvalue weighted by Gasteiger charge is 2.12. The molecule has 1 N–H and O–H groups in total. The van der Waals surface area contributed by atoms with Crippen molar-refractivity contribution < 1.29 is 18.8 Å². The summed E-state index contributed by atoms with van der Waals surface area (Å²) in [6.45, 7) is 1.72. The quantitative estimate of drug-likeness (QED) is 0.914. The van der Waals surface area contributed by atoms with E-state index < -0.39 is 0 Å². The zero-order valence-electron chi connectivity index (χ0n) is 10.9. The van der Waals surface area contributed by atoms with E-state index in [4.69, 9.17) is 14.0 Å². The van der Waals surface area contributed by atoms with Gasteiger partial charge in [-0.15, -0.1) is 0 Å². The Kier molecular flexibility index (Phi) is 3.70. The number of methoxy groups -OCH3 is 2. The average Bonchev–Trinajstić information content (AvgIpc) is 2.85. The molecule has 2 aromatic rings. The minimum Gasteiger partial charge on any atom is -0.497 e. The second kappa shape index (κ2) is 5.43. The topological polar surface area (TPSA) is 73.6 Å². The molecule has 6 heteroatoms. The minimum absolute atomic E-state index is 0.222. The average molecular weight is 262 g/mol. The standard InChI is InChI=1S/C13H14N2O4/c1-8-4-12(15-19-8)13(16)14-9-5-10(17-2)7-11(6-9)18-3/h4-7H,1-3H3,(H,14,16). The molecule has 0 fully saturated rings. The summed E-state index contributed by atoms with van der Waals surface area (Å²) in [5.41, 5.74) is 0.779. The van der Waals surface area contributed by atoms with Crippen LogP contribution in [-0.4, -0.2) is 25.3 Å². The second-order valence-electron chi connectivity index (χ2n) is 3.88. The molecule has 19 heavy (non-hydrogen) atoms. The lowest BCUT2D eigenvalue weighted by atomic mass is 10.2. The summed E-state index contributed by atoms with van der Waals surface area (Å²) < 4.78 is 15.1. The summed E-state index contributed by atoms with van der Waals surface area (Å²) in [5, 5.41) is 6.35. The molecule has 1 aromatic carbocycles. The van der Waals surface area contributed by atoms with Gasteiger partial charge in [0.15, 0.2) is 5.69 Å². The Labute approximate surface area is 110 Å². The van der Waals surface area contributed by atoms with Crippen molar-refractivity contribution in [3.8, 4) is 11.5 Å². The van der Waals surface area contributed by atoms with Gasteiger partial charge in [0.25, 0.3) is 5.91 Å². The molecule has 0 atom stereocenters. The van der Waals surface area contributed by atoms with Crippen LogP contribution in [0.1, 0.15) is 16.2 Å². The lowest BCUT2D eigenvalue weighted by molar-refractivity contribution is 0.101. The van der Waals surface area contributed by atoms with E-state index in [2.05, 4.69) is 10.5 Å². The number of hydrogen-bond donors (Lipinski definition) is 1. The fraction of sp³-hybridized carbons (Fsp3) is 0.231. The van der Waals surface area contributed by atoms with Gasteiger partial charge in [-0.05, 0) is 6.92 Å². The van der Waals surface area contributed by atoms with Gasteiger partial charge in [-0.3, -0.25) is 4.79 Å². The number of rotatable bonds is 4. The van der Waals surface area contributed by atoms with E-state index in [9.17, 15) is 4.79 Å². The molecule has 1 amide bonds. The monoisotopic (exact) mass is 262 g/mol. The number of aromatic nitrogens is 1. The zero-order valence-corrected chi connectivity index (χ0v) is 10.9. The summed E-state index contributed by atoms with van der Waals surface area (Å²) in [4.78, 5) is 11.9. The molecule has 0 aliphatic heterocycles. The fourth-order valence-electron chi connectivity index (χ4n) is 1.55. The number of aryl methyl sites for hydroxylation is 1. The fourth-order valence-corrected chi connectivity index (χ4v) is 1.55. The number of amides is 1. The van der Waals surface area contributed by atoms with Crippen LogP contribution in [0.2, 0.25) is 0 Å². The normalized spacial score (nSPS) is 10.1. The maximum Gasteiger partial charge on any atom is 0.277 e. The van der Waals surface area contributed by atoms with Crippen molar-refractivity contribution in [2.24, 2.45) is 0 Å². The van der Waals surface area contributed by atoms with E-state index in [0.29, 0.717) is 22.9 Å². The smallest absolute Gasteiger partial charge is 0.277 e. The first-order valence-corrected chi connectivity index (χ1v) is 5.60. The van der Waals surface area contributed by atoms with Crippen LogP contribution < -0.4 is 14.8 Å². The summed E-state index contributed by atoms with van der Waals surface area (Å²) in [5.74, 6) is 1.40. The Morgan fingerprint density at radius 1 is 1.16 bits per heavy atom. The van der Waals surface area contributed by atoms with Gasteiger partial charge in [-0.25, -0.2) is 0 Å². The zero-order chi connectivity index (χ0) is 13.8. The Bertz CT molecular complexity index is 570. The van der Waals surface area contributed by atoms with Crippen LogP contribution in [0.3, 0.4) is 0 Å². The molecule has 100 valence electrons. The van der Waals surface area contributed by atoms with Crippen LogP contribution in [0.15, 0.2) is 28.8 Å². The second-order valence-corrected chi connectivity index (χ2v) is 3.88. The number of carbonyl (C=O) groups excluding carboxylic acids is 1. The molecule has 0 bridgehead atoms. The molecule has 2 rings (SSSR count). The van der Waals surface area contributed by atoms with Crippen molar-refractivity contribution in [1.82, 2.24) is 5.16 Å². The third-order valence-electron chi connectivity index (χ3n) is 2.47. The molecule has 0 unspecified atom stereocenters. The molecule has 1 aromatic heterocycles. The predicted octanol–water partition coefficient (Wildman–Crippen LogP) is 2.25. The van der Waals surface area contributed by atoms with E-state index in [1.807, 2.05) is 0 Å². The van der Waals surface area contributed by atoms with Crippen molar-refractivity contribution in [3.05, 3.63) is 35.7 Å². The van der Waals surface area contributed by atoms with Gasteiger partial charge >= 0.3 is 0 Å². The van der Waals surface area contributed by atoms with Crippen molar-refractivity contribution >= 4 is 11.6 Å². The highest BCUT2D eigenvalue weighted by atomic mass is 16.5. The van der Waals surface area contributed by atoms with Crippen molar-refractivity contribution in [2.75, 3.05) is 19.5 Å². The van der Waals surface area contributed by atoms with E-state index in [0.717, 1.165) is 0 Å². The summed E-state index contributed by atoms with van der Waals surface area (Å²) in [7, 11) is 3.09. The Hall–Kier alpha value is -2.50. The molecule has 0 radical (unpaired) electrons. The van der Waals surface area contributed by atoms with Crippen LogP contribution in [-0.2, 0) is 0 Å². The number of nitrogens with zero attached hydrogens (tertiary/aromatic N) is 1. The van der Waals surface area contributed by atoms with Crippen LogP contribution >= 0.6 is 0 Å². The number of anilines is 1. The molecule has 0 saturated heterocycles. The highest BCUT2D eigenvalue weighted by Crippen LogP contribution is 2.26. The minimum atomic E-state index is -0.354. The molecule has 0 aliphatic rings. The summed E-state index contributed by atoms with van der Waals surface area (Å²) in [6.07, 6.45) is 0. The first-order chi connectivity index (χ1) is 9.12. The first-order valence-electron chi connectivity index (χ1n) is 5.60. The number of hydrogen-bond acceptors (Lipinski definition) is 5. The summed E-state index contributed by atoms with van der Waals surface area (Å²) in [6, 6.07) is 6.66. The Balaban J connectivity index is 2.20. The maximum atomic E-state index is 11.9. The van der Waals surface area contributed by atoms with E-state index >= 15 is 0 Å². The summed E-state index contributed by atoms with van der Waals surface area (Å²) >= 11 is 0. The van der Waals surface area contributed by atoms with Crippen LogP contribution in [0.5, 0.6) is 11.5 Å². The van der Waals surface area contributed by atoms with Crippen molar-refractivity contribution in [3.63, 3.8) is 0 Å². The van der Waals surface area contributed by atoms with Gasteiger partial charge in [0.2, 0.25) is 0 Å². The Morgan fingerprint density at radius 2 is 1.79 bits per heavy atom. The number of ether oxygens (including phenoxy) is 2. The number of nitrogens with one attached hydrogen (secondary N) is 1. The SMILES string of the molecule is COc1cc(NC(=O)c2cc(C)on2)cc(OC)c1. The number of benzene rings is 1. The molecule has 0 saturated carbocycles. The predicted molar refractivity (Wildman–Crippen MR) is 68.7 cm³/mol. The number of carbonyl (C=O) groups is 1. The van der Waals surface area contributed by atoms with E-state index in [-0.39, 0.29) is 11.6 Å². The largest absolute Gasteiger partial charge is 0.497 e. The molecular formula is C13H14N2O4. The lowest BCUT2D eigenvalue weighted by Crippen LogP contribution is -2.12. The van der Waals surface area contributed by atoms with Gasteiger partial charge in [0.05, 0.1) is 14.2 Å². The van der Waals surface area contributed by atoms with Crippen LogP contribution in [0, 0.1) is 6.92 Å². The van der Waals surface area contributed by atoms with Crippen molar-refractivity contribution in [1.29, 1.82) is 0 Å². The van der Waals surface area contributed by atoms with Gasteiger partial charge in [-0.2, -0.15) is 0 Å². The van der Waals surface area contributed by atoms with Gasteiger partial charge in [-0.1, -0.05) is 5.16 Å². The Morgan fingerprint density at radius 3 is 2.26 bits per heavy atom. The third-order valence-corrected chi connectivity index (χ3v) is 2.47. The lowest BCUT2D eigenvalue weighted by Gasteiger charge is -2.08.